The van der Waals surface area contributed by atoms with E-state index < -0.39 is 16.1 Å². The van der Waals surface area contributed by atoms with Gasteiger partial charge in [-0.25, -0.2) is 12.7 Å². The Hall–Kier alpha value is -3.82. The minimum absolute atomic E-state index is 0.00527. The predicted molar refractivity (Wildman–Crippen MR) is 155 cm³/mol. The van der Waals surface area contributed by atoms with E-state index in [4.69, 9.17) is 4.74 Å². The number of carbonyl (C=O) groups is 1. The van der Waals surface area contributed by atoms with Crippen LogP contribution in [0.15, 0.2) is 120 Å². The summed E-state index contributed by atoms with van der Waals surface area (Å²) in [6.07, 6.45) is -1.38. The van der Waals surface area contributed by atoms with Gasteiger partial charge in [0, 0.05) is 32.7 Å². The fourth-order valence-corrected chi connectivity index (χ4v) is 5.31. The molecular formula is C32H34N2O5S. The number of nitrogens with zero attached hydrogens (tertiary/aromatic N) is 2. The highest BCUT2D eigenvalue weighted by atomic mass is 32.2. The number of rotatable bonds is 12. The maximum Gasteiger partial charge on any atom is 0.254 e. The van der Waals surface area contributed by atoms with Gasteiger partial charge in [0.25, 0.3) is 5.91 Å². The first-order valence-corrected chi connectivity index (χ1v) is 14.4. The van der Waals surface area contributed by atoms with Gasteiger partial charge in [0.15, 0.2) is 0 Å². The number of sulfonamides is 1. The average Bonchev–Trinajstić information content (AvgIpc) is 2.98. The third-order valence-electron chi connectivity index (χ3n) is 6.45. The van der Waals surface area contributed by atoms with Crippen molar-refractivity contribution in [2.45, 2.75) is 23.6 Å². The summed E-state index contributed by atoms with van der Waals surface area (Å²) in [4.78, 5) is 15.2. The molecule has 0 aliphatic carbocycles. The van der Waals surface area contributed by atoms with Gasteiger partial charge in [-0.3, -0.25) is 4.79 Å². The number of carbonyl (C=O) groups excluding carboxylic acids is 1. The van der Waals surface area contributed by atoms with Gasteiger partial charge in [-0.05, 0) is 34.9 Å². The largest absolute Gasteiger partial charge is 0.389 e. The van der Waals surface area contributed by atoms with Crippen LogP contribution in [0.3, 0.4) is 0 Å². The van der Waals surface area contributed by atoms with Crippen molar-refractivity contribution < 1.29 is 23.1 Å². The van der Waals surface area contributed by atoms with Gasteiger partial charge < -0.3 is 14.7 Å². The molecule has 0 aliphatic rings. The number of hydrogen-bond donors (Lipinski definition) is 1. The summed E-state index contributed by atoms with van der Waals surface area (Å²) in [5.74, 6) is -0.388. The van der Waals surface area contributed by atoms with Gasteiger partial charge in [0.2, 0.25) is 10.0 Å². The Labute approximate surface area is 236 Å². The molecule has 0 saturated carbocycles. The molecule has 1 amide bonds. The minimum atomic E-state index is -3.72. The third kappa shape index (κ3) is 7.43. The monoisotopic (exact) mass is 558 g/mol. The number of amides is 1. The fraction of sp³-hybridized carbons (Fsp3) is 0.219. The third-order valence-corrected chi connectivity index (χ3v) is 8.27. The molecule has 4 aromatic rings. The van der Waals surface area contributed by atoms with E-state index in [0.717, 1.165) is 21.0 Å². The Bertz CT molecular complexity index is 1440. The molecule has 0 radical (unpaired) electrons. The highest BCUT2D eigenvalue weighted by Gasteiger charge is 2.24. The van der Waals surface area contributed by atoms with Gasteiger partial charge in [-0.1, -0.05) is 97.1 Å². The van der Waals surface area contributed by atoms with Crippen LogP contribution in [-0.4, -0.2) is 62.0 Å². The van der Waals surface area contributed by atoms with Crippen molar-refractivity contribution >= 4 is 15.9 Å². The molecule has 1 unspecified atom stereocenters. The molecule has 0 heterocycles. The quantitative estimate of drug-likeness (QED) is 0.271. The zero-order valence-electron chi connectivity index (χ0n) is 22.6. The van der Waals surface area contributed by atoms with Gasteiger partial charge >= 0.3 is 0 Å². The van der Waals surface area contributed by atoms with Crippen LogP contribution in [0.4, 0.5) is 0 Å². The molecule has 40 heavy (non-hydrogen) atoms. The van der Waals surface area contributed by atoms with Crippen LogP contribution < -0.4 is 0 Å². The Morgan fingerprint density at radius 1 is 0.800 bits per heavy atom. The Kier molecular flexibility index (Phi) is 9.84. The molecule has 0 spiro atoms. The predicted octanol–water partition coefficient (Wildman–Crippen LogP) is 4.75. The van der Waals surface area contributed by atoms with E-state index in [-0.39, 0.29) is 42.2 Å². The SMILES string of the molecule is CN(C)S(=O)(=O)c1cccc(C(=O)N(Cc2ccccc2)CC(O)COC(c2ccccc2)c2ccccc2)c1. The molecule has 8 heteroatoms. The summed E-state index contributed by atoms with van der Waals surface area (Å²) in [6.45, 7) is 0.221. The van der Waals surface area contributed by atoms with Crippen LogP contribution in [0.5, 0.6) is 0 Å². The zero-order chi connectivity index (χ0) is 28.5. The highest BCUT2D eigenvalue weighted by molar-refractivity contribution is 7.89. The Morgan fingerprint density at radius 3 is 1.90 bits per heavy atom. The second-order valence-electron chi connectivity index (χ2n) is 9.68. The van der Waals surface area contributed by atoms with E-state index >= 15 is 0 Å². The van der Waals surface area contributed by atoms with Crippen molar-refractivity contribution in [2.24, 2.45) is 0 Å². The molecular weight excluding hydrogens is 524 g/mol. The van der Waals surface area contributed by atoms with E-state index in [9.17, 15) is 18.3 Å². The van der Waals surface area contributed by atoms with Crippen LogP contribution in [-0.2, 0) is 21.3 Å². The smallest absolute Gasteiger partial charge is 0.254 e. The van der Waals surface area contributed by atoms with E-state index in [2.05, 4.69) is 0 Å². The second-order valence-corrected chi connectivity index (χ2v) is 11.8. The highest BCUT2D eigenvalue weighted by Crippen LogP contribution is 2.26. The van der Waals surface area contributed by atoms with Crippen LogP contribution >= 0.6 is 0 Å². The standard InChI is InChI=1S/C32H34N2O5S/c1-33(2)40(37,38)30-20-12-19-28(21-30)32(36)34(22-25-13-6-3-7-14-25)23-29(35)24-39-31(26-15-8-4-9-16-26)27-17-10-5-11-18-27/h3-21,29,31,35H,22-24H2,1-2H3. The van der Waals surface area contributed by atoms with Crippen molar-refractivity contribution in [1.29, 1.82) is 0 Å². The number of ether oxygens (including phenoxy) is 1. The van der Waals surface area contributed by atoms with E-state index in [1.54, 1.807) is 12.1 Å². The summed E-state index contributed by atoms with van der Waals surface area (Å²) in [6, 6.07) is 35.0. The lowest BCUT2D eigenvalue weighted by molar-refractivity contribution is -0.00774. The van der Waals surface area contributed by atoms with Gasteiger partial charge in [0.05, 0.1) is 17.6 Å². The molecule has 208 valence electrons. The van der Waals surface area contributed by atoms with E-state index in [1.165, 1.54) is 31.1 Å². The van der Waals surface area contributed by atoms with Crippen LogP contribution in [0, 0.1) is 0 Å². The maximum absolute atomic E-state index is 13.7. The van der Waals surface area contributed by atoms with Gasteiger partial charge in [-0.2, -0.15) is 0 Å². The van der Waals surface area contributed by atoms with Crippen molar-refractivity contribution in [1.82, 2.24) is 9.21 Å². The second kappa shape index (κ2) is 13.5. The number of aliphatic hydroxyl groups excluding tert-OH is 1. The lowest BCUT2D eigenvalue weighted by Crippen LogP contribution is -2.39. The average molecular weight is 559 g/mol. The summed E-state index contributed by atoms with van der Waals surface area (Å²) in [5.41, 5.74) is 3.01. The lowest BCUT2D eigenvalue weighted by Gasteiger charge is -2.27. The topological polar surface area (TPSA) is 87.2 Å². The van der Waals surface area contributed by atoms with Crippen molar-refractivity contribution in [2.75, 3.05) is 27.2 Å². The first-order chi connectivity index (χ1) is 19.3. The molecule has 1 atom stereocenters. The number of hydrogen-bond acceptors (Lipinski definition) is 5. The molecule has 0 aromatic heterocycles. The van der Waals surface area contributed by atoms with Gasteiger partial charge in [-0.15, -0.1) is 0 Å². The molecule has 0 aliphatic heterocycles. The van der Waals surface area contributed by atoms with Gasteiger partial charge in [0.1, 0.15) is 6.10 Å². The molecule has 0 bridgehead atoms. The lowest BCUT2D eigenvalue weighted by atomic mass is 10.0. The van der Waals surface area contributed by atoms with Crippen molar-refractivity contribution in [3.63, 3.8) is 0 Å². The first kappa shape index (κ1) is 29.2. The molecule has 0 saturated heterocycles. The molecule has 4 aromatic carbocycles. The summed E-state index contributed by atoms with van der Waals surface area (Å²) in [7, 11) is -0.829. The Balaban J connectivity index is 1.55. The normalized spacial score (nSPS) is 12.4. The van der Waals surface area contributed by atoms with Crippen LogP contribution in [0.1, 0.15) is 33.2 Å². The Morgan fingerprint density at radius 2 is 1.35 bits per heavy atom. The molecule has 7 nitrogen and oxygen atoms in total. The zero-order valence-corrected chi connectivity index (χ0v) is 23.4. The molecule has 4 rings (SSSR count). The maximum atomic E-state index is 13.7. The number of benzene rings is 4. The van der Waals surface area contributed by atoms with Crippen molar-refractivity contribution in [3.05, 3.63) is 138 Å². The van der Waals surface area contributed by atoms with Crippen LogP contribution in [0.25, 0.3) is 0 Å². The van der Waals surface area contributed by atoms with E-state index in [1.807, 2.05) is 91.0 Å². The van der Waals surface area contributed by atoms with Crippen LogP contribution in [0.2, 0.25) is 0 Å². The van der Waals surface area contributed by atoms with Crippen molar-refractivity contribution in [3.8, 4) is 0 Å². The summed E-state index contributed by atoms with van der Waals surface area (Å²) >= 11 is 0. The molecule has 0 fully saturated rings. The minimum Gasteiger partial charge on any atom is -0.389 e. The summed E-state index contributed by atoms with van der Waals surface area (Å²) < 4.78 is 32.7. The fourth-order valence-electron chi connectivity index (χ4n) is 4.36. The summed E-state index contributed by atoms with van der Waals surface area (Å²) in [5, 5.41) is 11.1. The van der Waals surface area contributed by atoms with E-state index in [0.29, 0.717) is 0 Å². The number of aliphatic hydroxyl groups is 1. The molecule has 1 N–H and O–H groups in total. The first-order valence-electron chi connectivity index (χ1n) is 13.0.